The van der Waals surface area contributed by atoms with Crippen LogP contribution in [0.5, 0.6) is 5.88 Å². The number of nitrogens with zero attached hydrogens (tertiary/aromatic N) is 4. The van der Waals surface area contributed by atoms with Crippen LogP contribution in [0.1, 0.15) is 47.8 Å². The minimum Gasteiger partial charge on any atom is -0.481 e. The lowest BCUT2D eigenvalue weighted by molar-refractivity contribution is 0.0749. The molecule has 1 aliphatic carbocycles. The third-order valence-electron chi connectivity index (χ3n) is 4.54. The van der Waals surface area contributed by atoms with Gasteiger partial charge in [-0.3, -0.25) is 4.79 Å². The minimum absolute atomic E-state index is 0.109. The third kappa shape index (κ3) is 3.12. The number of para-hydroxylation sites is 1. The van der Waals surface area contributed by atoms with Crippen LogP contribution in [0.25, 0.3) is 10.9 Å². The van der Waals surface area contributed by atoms with Gasteiger partial charge in [0.25, 0.3) is 5.91 Å². The molecule has 0 unspecified atom stereocenters. The molecule has 0 radical (unpaired) electrons. The van der Waals surface area contributed by atoms with Crippen LogP contribution >= 0.6 is 0 Å². The largest absolute Gasteiger partial charge is 0.481 e. The molecule has 7 nitrogen and oxygen atoms in total. The van der Waals surface area contributed by atoms with Crippen LogP contribution in [0.3, 0.4) is 0 Å². The summed E-state index contributed by atoms with van der Waals surface area (Å²) in [7, 11) is 1.54. The van der Waals surface area contributed by atoms with Crippen LogP contribution in [0.15, 0.2) is 34.9 Å². The van der Waals surface area contributed by atoms with E-state index in [4.69, 9.17) is 9.26 Å². The molecule has 7 heteroatoms. The van der Waals surface area contributed by atoms with Gasteiger partial charge in [-0.25, -0.2) is 4.98 Å². The molecule has 2 heterocycles. The molecule has 0 atom stereocenters. The summed E-state index contributed by atoms with van der Waals surface area (Å²) in [6.45, 7) is 2.77. The number of pyridine rings is 1. The summed E-state index contributed by atoms with van der Waals surface area (Å²) in [6, 6.07) is 9.22. The number of ether oxygens (including phenoxy) is 1. The van der Waals surface area contributed by atoms with Gasteiger partial charge >= 0.3 is 0 Å². The number of hydrogen-bond acceptors (Lipinski definition) is 6. The molecule has 1 aromatic carbocycles. The standard InChI is InChI=1S/C19H20N4O3/c1-3-23(11-16-21-18(26-22-16)12-8-9-12)19(24)14-10-17(25-2)20-15-7-5-4-6-13(14)15/h4-7,10,12H,3,8-9,11H2,1-2H3. The van der Waals surface area contributed by atoms with Gasteiger partial charge in [0.05, 0.1) is 24.7 Å². The van der Waals surface area contributed by atoms with Crippen LogP contribution in [0, 0.1) is 0 Å². The molecule has 0 bridgehead atoms. The van der Waals surface area contributed by atoms with Crippen molar-refractivity contribution in [2.75, 3.05) is 13.7 Å². The molecule has 0 aliphatic heterocycles. The van der Waals surface area contributed by atoms with Gasteiger partial charge in [0.1, 0.15) is 0 Å². The zero-order chi connectivity index (χ0) is 18.1. The topological polar surface area (TPSA) is 81.4 Å². The van der Waals surface area contributed by atoms with E-state index in [1.807, 2.05) is 31.2 Å². The maximum atomic E-state index is 13.2. The first-order valence-electron chi connectivity index (χ1n) is 8.75. The Morgan fingerprint density at radius 3 is 2.85 bits per heavy atom. The molecular formula is C19H20N4O3. The van der Waals surface area contributed by atoms with Gasteiger partial charge in [-0.05, 0) is 25.8 Å². The second kappa shape index (κ2) is 6.74. The molecule has 1 saturated carbocycles. The second-order valence-electron chi connectivity index (χ2n) is 6.37. The maximum absolute atomic E-state index is 13.2. The van der Waals surface area contributed by atoms with E-state index in [0.717, 1.165) is 23.7 Å². The summed E-state index contributed by atoms with van der Waals surface area (Å²) in [4.78, 5) is 23.7. The number of methoxy groups -OCH3 is 1. The summed E-state index contributed by atoms with van der Waals surface area (Å²) in [5.74, 6) is 1.92. The van der Waals surface area contributed by atoms with Crippen molar-refractivity contribution in [2.45, 2.75) is 32.2 Å². The Labute approximate surface area is 151 Å². The molecule has 1 amide bonds. The van der Waals surface area contributed by atoms with Crippen molar-refractivity contribution >= 4 is 16.8 Å². The highest BCUT2D eigenvalue weighted by atomic mass is 16.5. The second-order valence-corrected chi connectivity index (χ2v) is 6.37. The fourth-order valence-electron chi connectivity index (χ4n) is 2.93. The maximum Gasteiger partial charge on any atom is 0.255 e. The Morgan fingerprint density at radius 1 is 1.31 bits per heavy atom. The molecule has 0 spiro atoms. The monoisotopic (exact) mass is 352 g/mol. The van der Waals surface area contributed by atoms with E-state index in [9.17, 15) is 4.79 Å². The lowest BCUT2D eigenvalue weighted by Crippen LogP contribution is -2.31. The predicted molar refractivity (Wildman–Crippen MR) is 95.0 cm³/mol. The molecule has 26 heavy (non-hydrogen) atoms. The fourth-order valence-corrected chi connectivity index (χ4v) is 2.93. The number of hydrogen-bond donors (Lipinski definition) is 0. The smallest absolute Gasteiger partial charge is 0.255 e. The Kier molecular flexibility index (Phi) is 4.28. The third-order valence-corrected chi connectivity index (χ3v) is 4.54. The zero-order valence-electron chi connectivity index (χ0n) is 14.8. The molecule has 1 fully saturated rings. The van der Waals surface area contributed by atoms with Gasteiger partial charge in [-0.2, -0.15) is 4.98 Å². The highest BCUT2D eigenvalue weighted by Gasteiger charge is 2.30. The van der Waals surface area contributed by atoms with Gasteiger partial charge in [-0.1, -0.05) is 23.4 Å². The quantitative estimate of drug-likeness (QED) is 0.678. The van der Waals surface area contributed by atoms with Gasteiger partial charge in [-0.15, -0.1) is 0 Å². The van der Waals surface area contributed by atoms with Crippen molar-refractivity contribution in [3.63, 3.8) is 0 Å². The lowest BCUT2D eigenvalue weighted by atomic mass is 10.1. The first kappa shape index (κ1) is 16.5. The SMILES string of the molecule is CCN(Cc1noc(C2CC2)n1)C(=O)c1cc(OC)nc2ccccc12. The van der Waals surface area contributed by atoms with E-state index in [1.54, 1.807) is 18.1 Å². The van der Waals surface area contributed by atoms with Crippen molar-refractivity contribution in [2.24, 2.45) is 0 Å². The van der Waals surface area contributed by atoms with Crippen molar-refractivity contribution in [1.82, 2.24) is 20.0 Å². The van der Waals surface area contributed by atoms with E-state index in [0.29, 0.717) is 42.2 Å². The number of carbonyl (C=O) groups excluding carboxylic acids is 1. The average Bonchev–Trinajstić information content (AvgIpc) is 3.43. The van der Waals surface area contributed by atoms with Crippen molar-refractivity contribution in [1.29, 1.82) is 0 Å². The minimum atomic E-state index is -0.109. The number of carbonyl (C=O) groups is 1. The van der Waals surface area contributed by atoms with E-state index >= 15 is 0 Å². The number of fused-ring (bicyclic) bond motifs is 1. The number of amides is 1. The van der Waals surface area contributed by atoms with Gasteiger partial charge in [0, 0.05) is 23.9 Å². The van der Waals surface area contributed by atoms with E-state index < -0.39 is 0 Å². The molecule has 134 valence electrons. The van der Waals surface area contributed by atoms with Crippen molar-refractivity contribution in [3.8, 4) is 5.88 Å². The molecule has 0 N–H and O–H groups in total. The van der Waals surface area contributed by atoms with Gasteiger partial charge < -0.3 is 14.2 Å². The summed E-state index contributed by atoms with van der Waals surface area (Å²) >= 11 is 0. The van der Waals surface area contributed by atoms with Crippen LogP contribution in [-0.2, 0) is 6.54 Å². The van der Waals surface area contributed by atoms with Crippen LogP contribution in [0.2, 0.25) is 0 Å². The highest BCUT2D eigenvalue weighted by molar-refractivity contribution is 6.06. The Bertz CT molecular complexity index is 949. The Balaban J connectivity index is 1.64. The number of rotatable bonds is 6. The number of aromatic nitrogens is 3. The van der Waals surface area contributed by atoms with Gasteiger partial charge in [0.15, 0.2) is 5.82 Å². The average molecular weight is 352 g/mol. The predicted octanol–water partition coefficient (Wildman–Crippen LogP) is 3.17. The molecular weight excluding hydrogens is 332 g/mol. The van der Waals surface area contributed by atoms with Crippen molar-refractivity contribution < 1.29 is 14.1 Å². The van der Waals surface area contributed by atoms with Crippen LogP contribution in [0.4, 0.5) is 0 Å². The number of benzene rings is 1. The first-order valence-corrected chi connectivity index (χ1v) is 8.75. The van der Waals surface area contributed by atoms with Crippen molar-refractivity contribution in [3.05, 3.63) is 47.6 Å². The molecule has 2 aromatic heterocycles. The van der Waals surface area contributed by atoms with Crippen LogP contribution in [-0.4, -0.2) is 39.6 Å². The Hall–Kier alpha value is -2.96. The lowest BCUT2D eigenvalue weighted by Gasteiger charge is -2.20. The summed E-state index contributed by atoms with van der Waals surface area (Å²) in [5.41, 5.74) is 1.28. The van der Waals surface area contributed by atoms with Gasteiger partial charge in [0.2, 0.25) is 11.8 Å². The fraction of sp³-hybridized carbons (Fsp3) is 0.368. The molecule has 1 aliphatic rings. The first-order chi connectivity index (χ1) is 12.7. The molecule has 4 rings (SSSR count). The normalized spacial score (nSPS) is 13.8. The summed E-state index contributed by atoms with van der Waals surface area (Å²) in [6.07, 6.45) is 2.20. The van der Waals surface area contributed by atoms with E-state index in [-0.39, 0.29) is 5.91 Å². The highest BCUT2D eigenvalue weighted by Crippen LogP contribution is 2.38. The van der Waals surface area contributed by atoms with E-state index in [1.165, 1.54) is 0 Å². The summed E-state index contributed by atoms with van der Waals surface area (Å²) in [5, 5.41) is 4.82. The Morgan fingerprint density at radius 2 is 2.12 bits per heavy atom. The molecule has 3 aromatic rings. The van der Waals surface area contributed by atoms with E-state index in [2.05, 4.69) is 15.1 Å². The summed E-state index contributed by atoms with van der Waals surface area (Å²) < 4.78 is 10.6. The molecule has 0 saturated heterocycles. The zero-order valence-corrected chi connectivity index (χ0v) is 14.8. The van der Waals surface area contributed by atoms with Crippen LogP contribution < -0.4 is 4.74 Å².